The van der Waals surface area contributed by atoms with Gasteiger partial charge in [0.25, 0.3) is 0 Å². The van der Waals surface area contributed by atoms with Crippen LogP contribution >= 0.6 is 0 Å². The fourth-order valence-electron chi connectivity index (χ4n) is 6.47. The van der Waals surface area contributed by atoms with Crippen LogP contribution in [0.5, 0.6) is 0 Å². The number of carboxylic acid groups (broad SMARTS) is 4. The van der Waals surface area contributed by atoms with Crippen molar-refractivity contribution in [1.29, 1.82) is 0 Å². The number of carboxylic acids is 4. The molecule has 0 aliphatic heterocycles. The monoisotopic (exact) mass is 859 g/mol. The van der Waals surface area contributed by atoms with Crippen molar-refractivity contribution in [1.82, 2.24) is 0 Å². The molecule has 0 fully saturated rings. The van der Waals surface area contributed by atoms with Gasteiger partial charge in [-0.05, 0) is 63.2 Å². The number of unbranched alkanes of at least 4 members (excludes halogenated alkanes) is 12. The summed E-state index contributed by atoms with van der Waals surface area (Å²) in [5.74, 6) is -3.18. The minimum atomic E-state index is -1.12. The summed E-state index contributed by atoms with van der Waals surface area (Å²) in [6.07, 6.45) is 27.6. The first-order valence-corrected chi connectivity index (χ1v) is 26.0. The van der Waals surface area contributed by atoms with Gasteiger partial charge >= 0.3 is 121 Å². The van der Waals surface area contributed by atoms with Gasteiger partial charge < -0.3 is 39.6 Å². The Hall–Kier alpha value is -1.32. The fraction of sp³-hybridized carbons (Fsp3) is 0.909. The molecule has 0 saturated carbocycles. The molecule has 0 spiro atoms. The Balaban J connectivity index is -0.000000708. The van der Waals surface area contributed by atoms with Gasteiger partial charge in [-0.25, -0.2) is 0 Å². The van der Waals surface area contributed by atoms with Crippen molar-refractivity contribution in [3.63, 3.8) is 0 Å². The van der Waals surface area contributed by atoms with E-state index in [1.807, 2.05) is 0 Å². The molecule has 4 atom stereocenters. The van der Waals surface area contributed by atoms with Crippen LogP contribution in [-0.4, -0.2) is 45.0 Å². The molecule has 0 bridgehead atoms. The first kappa shape index (κ1) is 56.0. The van der Waals surface area contributed by atoms with Gasteiger partial charge in [0.1, 0.15) is 0 Å². The Kier molecular flexibility index (Phi) is 45.9. The van der Waals surface area contributed by atoms with E-state index in [-0.39, 0.29) is 34.0 Å². The van der Waals surface area contributed by atoms with E-state index in [0.29, 0.717) is 38.5 Å². The summed E-state index contributed by atoms with van der Waals surface area (Å²) in [6, 6.07) is 0. The van der Waals surface area contributed by atoms with Crippen molar-refractivity contribution in [2.75, 3.05) is 0 Å². The van der Waals surface area contributed by atoms with Crippen molar-refractivity contribution in [3.05, 3.63) is 0 Å². The zero-order valence-corrected chi connectivity index (χ0v) is 38.1. The predicted molar refractivity (Wildman–Crippen MR) is 213 cm³/mol. The van der Waals surface area contributed by atoms with Crippen LogP contribution in [0.2, 0.25) is 8.87 Å². The van der Waals surface area contributed by atoms with Gasteiger partial charge in [0.15, 0.2) is 0 Å². The van der Waals surface area contributed by atoms with E-state index in [9.17, 15) is 39.6 Å². The van der Waals surface area contributed by atoms with Gasteiger partial charge in [0.2, 0.25) is 0 Å². The second kappa shape index (κ2) is 43.4. The molecular weight excluding hydrogens is 775 g/mol. The number of carbonyl (C=O) groups is 4. The molecule has 310 valence electrons. The summed E-state index contributed by atoms with van der Waals surface area (Å²) >= 11 is -0.0388. The van der Waals surface area contributed by atoms with Gasteiger partial charge in [-0.2, -0.15) is 0 Å². The summed E-state index contributed by atoms with van der Waals surface area (Å²) in [5.41, 5.74) is 0. The fourth-order valence-corrected chi connectivity index (χ4v) is 12.1. The van der Waals surface area contributed by atoms with Crippen LogP contribution in [0.4, 0.5) is 0 Å². The third kappa shape index (κ3) is 43.3. The Morgan fingerprint density at radius 1 is 0.396 bits per heavy atom. The average molecular weight is 858 g/mol. The van der Waals surface area contributed by atoms with Gasteiger partial charge in [0, 0.05) is 23.9 Å². The SMILES string of the molecule is CCCCC(CC)[CH2][Sn+4][CH2]C(CC)CCCC.CCCCCCCCC(CCCC(=O)[O-])C(=O)[O-].CCCCCCCCC(CCCC(=O)[O-])C(=O)[O-]. The van der Waals surface area contributed by atoms with E-state index in [1.165, 1.54) is 89.9 Å². The van der Waals surface area contributed by atoms with Crippen LogP contribution in [0.3, 0.4) is 0 Å². The molecule has 0 aliphatic rings. The predicted octanol–water partition coefficient (Wildman–Crippen LogP) is 8.01. The van der Waals surface area contributed by atoms with Crippen LogP contribution in [0.25, 0.3) is 0 Å². The largest absolute Gasteiger partial charge is 0.550 e. The van der Waals surface area contributed by atoms with E-state index < -0.39 is 35.7 Å². The van der Waals surface area contributed by atoms with Crippen LogP contribution in [0.1, 0.15) is 221 Å². The smallest absolute Gasteiger partial charge is 0.0445 e. The Morgan fingerprint density at radius 2 is 0.698 bits per heavy atom. The van der Waals surface area contributed by atoms with E-state index in [1.54, 1.807) is 8.87 Å². The van der Waals surface area contributed by atoms with Crippen LogP contribution in [0.15, 0.2) is 0 Å². The van der Waals surface area contributed by atoms with Crippen molar-refractivity contribution < 1.29 is 39.6 Å². The molecule has 4 unspecified atom stereocenters. The number of hydrogen-bond acceptors (Lipinski definition) is 8. The van der Waals surface area contributed by atoms with E-state index >= 15 is 0 Å². The minimum Gasteiger partial charge on any atom is -0.550 e. The average Bonchev–Trinajstić information content (AvgIpc) is 3.12. The number of aliphatic carboxylic acids is 4. The van der Waals surface area contributed by atoms with Crippen molar-refractivity contribution >= 4 is 45.0 Å². The molecule has 0 amide bonds. The van der Waals surface area contributed by atoms with Crippen LogP contribution < -0.4 is 20.4 Å². The number of carbonyl (C=O) groups excluding carboxylic acids is 4. The molecular formula is C44H82O8Sn. The third-order valence-electron chi connectivity index (χ3n) is 10.3. The Bertz CT molecular complexity index is 770. The van der Waals surface area contributed by atoms with Crippen molar-refractivity contribution in [2.24, 2.45) is 23.7 Å². The molecule has 8 nitrogen and oxygen atoms in total. The third-order valence-corrected chi connectivity index (χ3v) is 15.2. The molecule has 0 aromatic carbocycles. The minimum absolute atomic E-state index is 0.0388. The van der Waals surface area contributed by atoms with Crippen molar-refractivity contribution in [3.8, 4) is 0 Å². The quantitative estimate of drug-likeness (QED) is 0.0453. The summed E-state index contributed by atoms with van der Waals surface area (Å²) in [4.78, 5) is 42.2. The number of rotatable bonds is 36. The molecule has 0 rings (SSSR count). The molecule has 53 heavy (non-hydrogen) atoms. The normalized spacial score (nSPS) is 13.1. The van der Waals surface area contributed by atoms with E-state index in [2.05, 4.69) is 41.5 Å². The maximum atomic E-state index is 10.9. The Morgan fingerprint density at radius 3 is 0.981 bits per heavy atom. The molecule has 0 saturated heterocycles. The molecule has 0 aromatic rings. The van der Waals surface area contributed by atoms with E-state index in [4.69, 9.17) is 0 Å². The van der Waals surface area contributed by atoms with E-state index in [0.717, 1.165) is 50.4 Å². The topological polar surface area (TPSA) is 161 Å². The molecule has 6 radical (unpaired) electrons. The van der Waals surface area contributed by atoms with Crippen molar-refractivity contribution in [2.45, 2.75) is 230 Å². The Labute approximate surface area is 337 Å². The second-order valence-corrected chi connectivity index (χ2v) is 18.9. The second-order valence-electron chi connectivity index (χ2n) is 15.2. The van der Waals surface area contributed by atoms with Gasteiger partial charge in [0.05, 0.1) is 0 Å². The molecule has 0 aliphatic carbocycles. The number of hydrogen-bond donors (Lipinski definition) is 0. The summed E-state index contributed by atoms with van der Waals surface area (Å²) in [6.45, 7) is 13.8. The molecule has 0 aromatic heterocycles. The summed E-state index contributed by atoms with van der Waals surface area (Å²) in [7, 11) is 0. The molecule has 9 heteroatoms. The van der Waals surface area contributed by atoms with Gasteiger partial charge in [-0.1, -0.05) is 90.9 Å². The van der Waals surface area contributed by atoms with Crippen LogP contribution in [0, 0.1) is 23.7 Å². The summed E-state index contributed by atoms with van der Waals surface area (Å²) in [5, 5.41) is 42.2. The maximum absolute atomic E-state index is 10.9. The standard InChI is InChI=1S/2C14H26O4.2C8H17.Sn/c2*1-2-3-4-5-6-7-9-12(14(17)18)10-8-11-13(15)16;2*1-4-6-7-8(3)5-2;/h2*12H,2-11H2,1H3,(H,15,16)(H,17,18);2*8H,3-7H2,1-2H3;/q;;;;+4/p-4. The first-order chi connectivity index (χ1) is 25.4. The maximum Gasteiger partial charge on any atom is 0.0445 e. The molecule has 0 N–H and O–H groups in total. The van der Waals surface area contributed by atoms with Gasteiger partial charge in [-0.3, -0.25) is 0 Å². The zero-order chi connectivity index (χ0) is 40.5. The summed E-state index contributed by atoms with van der Waals surface area (Å²) < 4.78 is 3.31. The molecule has 0 heterocycles. The van der Waals surface area contributed by atoms with Crippen LogP contribution in [-0.2, 0) is 19.2 Å². The van der Waals surface area contributed by atoms with Gasteiger partial charge in [-0.15, -0.1) is 0 Å². The first-order valence-electron chi connectivity index (χ1n) is 21.9. The zero-order valence-electron chi connectivity index (χ0n) is 35.3.